The van der Waals surface area contributed by atoms with Gasteiger partial charge in [-0.2, -0.15) is 0 Å². The van der Waals surface area contributed by atoms with Crippen molar-refractivity contribution in [2.75, 3.05) is 13.1 Å². The van der Waals surface area contributed by atoms with Crippen molar-refractivity contribution in [1.29, 1.82) is 0 Å². The molecule has 0 aliphatic carbocycles. The Hall–Kier alpha value is -0.450. The number of β-amino-alcohol motifs (C(OH)–C–C–N with tert-alkyl or cyclic N) is 1. The Morgan fingerprint density at radius 1 is 1.53 bits per heavy atom. The highest BCUT2D eigenvalue weighted by Crippen LogP contribution is 2.27. The Morgan fingerprint density at radius 2 is 2.33 bits per heavy atom. The molecule has 0 spiro atoms. The van der Waals surface area contributed by atoms with Crippen LogP contribution in [0.15, 0.2) is 22.7 Å². The lowest BCUT2D eigenvalue weighted by molar-refractivity contribution is 0.0616. The zero-order chi connectivity index (χ0) is 10.9. The number of benzene rings is 1. The first-order chi connectivity index (χ1) is 7.11. The first kappa shape index (κ1) is 11.0. The summed E-state index contributed by atoms with van der Waals surface area (Å²) in [6.07, 6.45) is 1.20. The maximum atomic E-state index is 13.2. The zero-order valence-electron chi connectivity index (χ0n) is 8.26. The van der Waals surface area contributed by atoms with Crippen LogP contribution in [0.5, 0.6) is 0 Å². The largest absolute Gasteiger partial charge is 0.388 e. The van der Waals surface area contributed by atoms with Gasteiger partial charge in [-0.15, -0.1) is 0 Å². The van der Waals surface area contributed by atoms with E-state index in [2.05, 4.69) is 21.2 Å². The minimum atomic E-state index is -0.726. The molecule has 1 unspecified atom stereocenters. The summed E-state index contributed by atoms with van der Waals surface area (Å²) in [6.45, 7) is 1.40. The van der Waals surface area contributed by atoms with Gasteiger partial charge in [-0.25, -0.2) is 4.39 Å². The number of aliphatic hydroxyl groups is 1. The normalized spacial score (nSPS) is 25.8. The van der Waals surface area contributed by atoms with Crippen LogP contribution in [0.3, 0.4) is 0 Å². The van der Waals surface area contributed by atoms with Crippen molar-refractivity contribution < 1.29 is 9.50 Å². The van der Waals surface area contributed by atoms with Gasteiger partial charge in [0.15, 0.2) is 0 Å². The fraction of sp³-hybridized carbons (Fsp3) is 0.455. The fourth-order valence-electron chi connectivity index (χ4n) is 1.92. The predicted molar refractivity (Wildman–Crippen MR) is 60.2 cm³/mol. The lowest BCUT2D eigenvalue weighted by atomic mass is 9.94. The van der Waals surface area contributed by atoms with Gasteiger partial charge in [-0.05, 0) is 40.5 Å². The van der Waals surface area contributed by atoms with Crippen LogP contribution in [0.4, 0.5) is 4.39 Å². The molecular formula is C11H13BrFNO. The Kier molecular flexibility index (Phi) is 3.09. The second-order valence-electron chi connectivity index (χ2n) is 4.04. The summed E-state index contributed by atoms with van der Waals surface area (Å²) in [7, 11) is 0. The van der Waals surface area contributed by atoms with Crippen molar-refractivity contribution in [3.8, 4) is 0 Å². The molecule has 0 radical (unpaired) electrons. The number of hydrogen-bond donors (Lipinski definition) is 2. The number of hydrogen-bond acceptors (Lipinski definition) is 2. The Balaban J connectivity index is 2.20. The quantitative estimate of drug-likeness (QED) is 0.862. The molecule has 2 nitrogen and oxygen atoms in total. The van der Waals surface area contributed by atoms with Gasteiger partial charge in [0.25, 0.3) is 0 Å². The topological polar surface area (TPSA) is 32.3 Å². The summed E-state index contributed by atoms with van der Waals surface area (Å²) < 4.78 is 13.7. The van der Waals surface area contributed by atoms with Crippen molar-refractivity contribution in [3.05, 3.63) is 34.1 Å². The van der Waals surface area contributed by atoms with Gasteiger partial charge in [-0.3, -0.25) is 0 Å². The average molecular weight is 274 g/mol. The molecule has 82 valence electrons. The molecule has 1 saturated heterocycles. The molecule has 1 aliphatic rings. The summed E-state index contributed by atoms with van der Waals surface area (Å²) in [5.74, 6) is -0.276. The Labute approximate surface area is 96.6 Å². The third-order valence-corrected chi connectivity index (χ3v) is 3.66. The monoisotopic (exact) mass is 273 g/mol. The van der Waals surface area contributed by atoms with Crippen LogP contribution in [0.2, 0.25) is 0 Å². The molecule has 2 rings (SSSR count). The Bertz CT molecular complexity index is 364. The van der Waals surface area contributed by atoms with Crippen molar-refractivity contribution in [3.63, 3.8) is 0 Å². The van der Waals surface area contributed by atoms with E-state index in [-0.39, 0.29) is 5.82 Å². The second kappa shape index (κ2) is 4.20. The summed E-state index contributed by atoms with van der Waals surface area (Å²) >= 11 is 3.21. The molecule has 4 heteroatoms. The minimum Gasteiger partial charge on any atom is -0.388 e. The SMILES string of the molecule is OC1(Cc2cccc(F)c2Br)CCNC1. The van der Waals surface area contributed by atoms with Crippen LogP contribution in [-0.2, 0) is 6.42 Å². The third kappa shape index (κ3) is 2.38. The van der Waals surface area contributed by atoms with Gasteiger partial charge in [0.1, 0.15) is 5.82 Å². The average Bonchev–Trinajstić information content (AvgIpc) is 2.60. The summed E-state index contributed by atoms with van der Waals surface area (Å²) in [6, 6.07) is 4.91. The highest BCUT2D eigenvalue weighted by Gasteiger charge is 2.31. The number of halogens is 2. The van der Waals surface area contributed by atoms with E-state index in [0.717, 1.165) is 18.5 Å². The molecule has 0 aromatic heterocycles. The van der Waals surface area contributed by atoms with E-state index < -0.39 is 5.60 Å². The highest BCUT2D eigenvalue weighted by molar-refractivity contribution is 9.10. The molecule has 1 aromatic carbocycles. The van der Waals surface area contributed by atoms with Crippen LogP contribution in [0.1, 0.15) is 12.0 Å². The van der Waals surface area contributed by atoms with Gasteiger partial charge >= 0.3 is 0 Å². The predicted octanol–water partition coefficient (Wildman–Crippen LogP) is 1.86. The van der Waals surface area contributed by atoms with E-state index in [0.29, 0.717) is 17.4 Å². The highest BCUT2D eigenvalue weighted by atomic mass is 79.9. The summed E-state index contributed by atoms with van der Waals surface area (Å²) in [4.78, 5) is 0. The second-order valence-corrected chi connectivity index (χ2v) is 4.83. The molecule has 1 atom stereocenters. The zero-order valence-corrected chi connectivity index (χ0v) is 9.85. The van der Waals surface area contributed by atoms with Gasteiger partial charge < -0.3 is 10.4 Å². The first-order valence-corrected chi connectivity index (χ1v) is 5.76. The smallest absolute Gasteiger partial charge is 0.137 e. The van der Waals surface area contributed by atoms with Crippen LogP contribution >= 0.6 is 15.9 Å². The molecule has 1 heterocycles. The maximum absolute atomic E-state index is 13.2. The summed E-state index contributed by atoms with van der Waals surface area (Å²) in [5, 5.41) is 13.3. The standard InChI is InChI=1S/C11H13BrFNO/c12-10-8(2-1-3-9(10)13)6-11(15)4-5-14-7-11/h1-3,14-15H,4-7H2. The molecule has 1 aliphatic heterocycles. The lowest BCUT2D eigenvalue weighted by Gasteiger charge is -2.21. The maximum Gasteiger partial charge on any atom is 0.137 e. The van der Waals surface area contributed by atoms with E-state index in [1.165, 1.54) is 6.07 Å². The molecule has 1 fully saturated rings. The number of rotatable bonds is 2. The van der Waals surface area contributed by atoms with E-state index in [4.69, 9.17) is 0 Å². The third-order valence-electron chi connectivity index (χ3n) is 2.77. The Morgan fingerprint density at radius 3 is 3.00 bits per heavy atom. The van der Waals surface area contributed by atoms with Crippen LogP contribution in [-0.4, -0.2) is 23.8 Å². The lowest BCUT2D eigenvalue weighted by Crippen LogP contribution is -2.33. The van der Waals surface area contributed by atoms with Gasteiger partial charge in [0.2, 0.25) is 0 Å². The van der Waals surface area contributed by atoms with E-state index in [1.54, 1.807) is 6.07 Å². The van der Waals surface area contributed by atoms with Crippen molar-refractivity contribution in [1.82, 2.24) is 5.32 Å². The molecule has 0 saturated carbocycles. The first-order valence-electron chi connectivity index (χ1n) is 4.97. The molecule has 15 heavy (non-hydrogen) atoms. The van der Waals surface area contributed by atoms with Crippen LogP contribution < -0.4 is 5.32 Å². The van der Waals surface area contributed by atoms with Crippen molar-refractivity contribution in [2.45, 2.75) is 18.4 Å². The van der Waals surface area contributed by atoms with Crippen molar-refractivity contribution in [2.24, 2.45) is 0 Å². The van der Waals surface area contributed by atoms with Gasteiger partial charge in [-0.1, -0.05) is 12.1 Å². The molecule has 2 N–H and O–H groups in total. The number of nitrogens with one attached hydrogen (secondary N) is 1. The van der Waals surface area contributed by atoms with Crippen molar-refractivity contribution >= 4 is 15.9 Å². The molecule has 0 amide bonds. The van der Waals surface area contributed by atoms with Gasteiger partial charge in [0.05, 0.1) is 10.1 Å². The van der Waals surface area contributed by atoms with Gasteiger partial charge in [0, 0.05) is 13.0 Å². The minimum absolute atomic E-state index is 0.276. The molecular weight excluding hydrogens is 261 g/mol. The van der Waals surface area contributed by atoms with E-state index >= 15 is 0 Å². The fourth-order valence-corrected chi connectivity index (χ4v) is 2.33. The van der Waals surface area contributed by atoms with E-state index in [9.17, 15) is 9.50 Å². The molecule has 1 aromatic rings. The van der Waals surface area contributed by atoms with Crippen LogP contribution in [0, 0.1) is 5.82 Å². The molecule has 0 bridgehead atoms. The van der Waals surface area contributed by atoms with Crippen LogP contribution in [0.25, 0.3) is 0 Å². The summed E-state index contributed by atoms with van der Waals surface area (Å²) in [5.41, 5.74) is 0.0947. The van der Waals surface area contributed by atoms with E-state index in [1.807, 2.05) is 6.07 Å².